The van der Waals surface area contributed by atoms with Gasteiger partial charge in [-0.1, -0.05) is 48.0 Å². The maximum Gasteiger partial charge on any atom is 0.234 e. The number of Topliss-reactive ketones (excluding diaryl/α,β-unsaturated/α-hetero) is 2. The Morgan fingerprint density at radius 1 is 0.958 bits per heavy atom. The van der Waals surface area contributed by atoms with Crippen molar-refractivity contribution < 1.29 is 14.3 Å². The molecule has 4 rings (SSSR count). The quantitative estimate of drug-likeness (QED) is 0.761. The van der Waals surface area contributed by atoms with Crippen LogP contribution in [-0.2, 0) is 16.0 Å². The number of carbonyl (C=O) groups excluding carboxylic acids is 2. The van der Waals surface area contributed by atoms with Crippen molar-refractivity contribution in [3.8, 4) is 0 Å². The molecule has 0 atom stereocenters. The van der Waals surface area contributed by atoms with E-state index in [9.17, 15) is 9.59 Å². The molecule has 1 heterocycles. The fourth-order valence-corrected chi connectivity index (χ4v) is 3.36. The van der Waals surface area contributed by atoms with Gasteiger partial charge in [-0.15, -0.1) is 0 Å². The van der Waals surface area contributed by atoms with Gasteiger partial charge >= 0.3 is 0 Å². The zero-order valence-corrected chi connectivity index (χ0v) is 13.7. The van der Waals surface area contributed by atoms with E-state index < -0.39 is 11.6 Å². The van der Waals surface area contributed by atoms with Crippen LogP contribution in [0.25, 0.3) is 11.3 Å². The van der Waals surface area contributed by atoms with Crippen LogP contribution in [-0.4, -0.2) is 11.6 Å². The maximum absolute atomic E-state index is 12.6. The largest absolute Gasteiger partial charge is 0.464 e. The number of hydrogen-bond acceptors (Lipinski definition) is 3. The van der Waals surface area contributed by atoms with Gasteiger partial charge in [0.05, 0.1) is 11.8 Å². The molecule has 0 saturated heterocycles. The molecule has 4 heteroatoms. The molecular formula is C20H13ClO3. The van der Waals surface area contributed by atoms with Crippen LogP contribution in [0, 0.1) is 0 Å². The summed E-state index contributed by atoms with van der Waals surface area (Å²) < 4.78 is 5.74. The maximum atomic E-state index is 12.6. The first-order chi connectivity index (χ1) is 11.6. The van der Waals surface area contributed by atoms with E-state index >= 15 is 0 Å². The second kappa shape index (κ2) is 5.46. The smallest absolute Gasteiger partial charge is 0.234 e. The summed E-state index contributed by atoms with van der Waals surface area (Å²) in [6.45, 7) is 1.92. The Balaban J connectivity index is 1.94. The second-order valence-electron chi connectivity index (χ2n) is 5.88. The van der Waals surface area contributed by atoms with Crippen molar-refractivity contribution in [1.82, 2.24) is 0 Å². The summed E-state index contributed by atoms with van der Waals surface area (Å²) >= 11 is 6.22. The Morgan fingerprint density at radius 3 is 2.50 bits per heavy atom. The van der Waals surface area contributed by atoms with E-state index in [4.69, 9.17) is 16.3 Å². The minimum absolute atomic E-state index is 0.264. The molecule has 0 radical (unpaired) electrons. The zero-order valence-electron chi connectivity index (χ0n) is 12.9. The summed E-state index contributed by atoms with van der Waals surface area (Å²) in [6, 6.07) is 12.7. The molecule has 0 fully saturated rings. The molecule has 0 amide bonds. The van der Waals surface area contributed by atoms with Gasteiger partial charge in [0.15, 0.2) is 0 Å². The van der Waals surface area contributed by atoms with Crippen LogP contribution in [0.5, 0.6) is 0 Å². The van der Waals surface area contributed by atoms with E-state index in [0.717, 1.165) is 16.7 Å². The molecule has 0 N–H and O–H groups in total. The summed E-state index contributed by atoms with van der Waals surface area (Å²) in [5, 5.41) is 0.562. The van der Waals surface area contributed by atoms with E-state index in [0.29, 0.717) is 27.5 Å². The van der Waals surface area contributed by atoms with Crippen molar-refractivity contribution in [2.24, 2.45) is 0 Å². The van der Waals surface area contributed by atoms with Crippen molar-refractivity contribution >= 4 is 34.5 Å². The molecule has 2 aliphatic rings. The van der Waals surface area contributed by atoms with E-state index in [1.54, 1.807) is 24.5 Å². The Morgan fingerprint density at radius 2 is 1.71 bits per heavy atom. The summed E-state index contributed by atoms with van der Waals surface area (Å²) in [6.07, 6.45) is 1.89. The Labute approximate surface area is 144 Å². The highest BCUT2D eigenvalue weighted by atomic mass is 35.5. The number of ether oxygens (including phenoxy) is 1. The molecule has 24 heavy (non-hydrogen) atoms. The minimum Gasteiger partial charge on any atom is -0.464 e. The lowest BCUT2D eigenvalue weighted by atomic mass is 9.81. The number of carbonyl (C=O) groups is 2. The van der Waals surface area contributed by atoms with E-state index in [1.165, 1.54) is 0 Å². The third-order valence-electron chi connectivity index (χ3n) is 4.39. The molecule has 3 nitrogen and oxygen atoms in total. The van der Waals surface area contributed by atoms with Gasteiger partial charge in [0.25, 0.3) is 0 Å². The Bertz CT molecular complexity index is 967. The van der Waals surface area contributed by atoms with E-state index in [2.05, 4.69) is 0 Å². The van der Waals surface area contributed by atoms with Crippen LogP contribution in [0.2, 0.25) is 5.02 Å². The van der Waals surface area contributed by atoms with Crippen LogP contribution in [0.1, 0.15) is 34.0 Å². The van der Waals surface area contributed by atoms with E-state index in [-0.39, 0.29) is 6.42 Å². The Kier molecular flexibility index (Phi) is 3.39. The van der Waals surface area contributed by atoms with Crippen LogP contribution >= 0.6 is 11.6 Å². The predicted molar refractivity (Wildman–Crippen MR) is 92.6 cm³/mol. The molecular weight excluding hydrogens is 324 g/mol. The normalized spacial score (nSPS) is 15.8. The molecule has 0 unspecified atom stereocenters. The number of ketones is 2. The van der Waals surface area contributed by atoms with Crippen molar-refractivity contribution in [2.75, 3.05) is 0 Å². The summed E-state index contributed by atoms with van der Waals surface area (Å²) in [5.41, 5.74) is 4.11. The summed E-state index contributed by atoms with van der Waals surface area (Å²) in [7, 11) is 0. The predicted octanol–water partition coefficient (Wildman–Crippen LogP) is 4.45. The van der Waals surface area contributed by atoms with Gasteiger partial charge in [-0.05, 0) is 29.7 Å². The summed E-state index contributed by atoms with van der Waals surface area (Å²) in [5.74, 6) is -0.547. The molecule has 118 valence electrons. The number of hydrogen-bond donors (Lipinski definition) is 0. The lowest BCUT2D eigenvalue weighted by Gasteiger charge is -2.26. The van der Waals surface area contributed by atoms with Gasteiger partial charge in [-0.25, -0.2) is 0 Å². The molecule has 1 aliphatic heterocycles. The number of rotatable bonds is 2. The average molecular weight is 337 g/mol. The van der Waals surface area contributed by atoms with Crippen molar-refractivity contribution in [3.63, 3.8) is 0 Å². The number of allylic oxidation sites excluding steroid dienone is 2. The molecule has 1 aliphatic carbocycles. The standard InChI is InChI=1S/C20H13ClO3/c1-11-10-24-20-15(9-12-5-2-3-8-16(12)21)19(23)18(22)14-7-4-6-13(11)17(14)20/h2-8,10H,9H2,1H3. The lowest BCUT2D eigenvalue weighted by molar-refractivity contribution is -0.112. The fourth-order valence-electron chi connectivity index (χ4n) is 3.16. The first-order valence-corrected chi connectivity index (χ1v) is 7.98. The second-order valence-corrected chi connectivity index (χ2v) is 6.29. The van der Waals surface area contributed by atoms with Gasteiger partial charge in [-0.3, -0.25) is 9.59 Å². The zero-order chi connectivity index (χ0) is 16.8. The Hall–Kier alpha value is -2.65. The first-order valence-electron chi connectivity index (χ1n) is 7.60. The van der Waals surface area contributed by atoms with Gasteiger partial charge in [-0.2, -0.15) is 0 Å². The average Bonchev–Trinajstić information content (AvgIpc) is 2.59. The SMILES string of the molecule is CC1=COC2=C(Cc3ccccc3Cl)C(=O)C(=O)c3cccc1c32. The van der Waals surface area contributed by atoms with Crippen molar-refractivity contribution in [3.05, 3.63) is 81.6 Å². The number of benzene rings is 2. The van der Waals surface area contributed by atoms with Gasteiger partial charge < -0.3 is 4.74 Å². The highest BCUT2D eigenvalue weighted by Crippen LogP contribution is 2.40. The monoisotopic (exact) mass is 336 g/mol. The van der Waals surface area contributed by atoms with Crippen LogP contribution in [0.3, 0.4) is 0 Å². The minimum atomic E-state index is -0.525. The van der Waals surface area contributed by atoms with E-state index in [1.807, 2.05) is 31.2 Å². The highest BCUT2D eigenvalue weighted by Gasteiger charge is 2.36. The molecule has 0 spiro atoms. The molecule has 0 saturated carbocycles. The van der Waals surface area contributed by atoms with Gasteiger partial charge in [0.2, 0.25) is 11.6 Å². The molecule has 0 aromatic heterocycles. The highest BCUT2D eigenvalue weighted by molar-refractivity contribution is 6.52. The van der Waals surface area contributed by atoms with Crippen LogP contribution in [0.4, 0.5) is 0 Å². The topological polar surface area (TPSA) is 43.4 Å². The van der Waals surface area contributed by atoms with Crippen molar-refractivity contribution in [2.45, 2.75) is 13.3 Å². The third kappa shape index (κ3) is 2.13. The fraction of sp³-hybridized carbons (Fsp3) is 0.100. The third-order valence-corrected chi connectivity index (χ3v) is 4.76. The first kappa shape index (κ1) is 14.9. The molecule has 2 aromatic carbocycles. The number of halogens is 1. The lowest BCUT2D eigenvalue weighted by Crippen LogP contribution is -2.27. The van der Waals surface area contributed by atoms with Crippen molar-refractivity contribution in [1.29, 1.82) is 0 Å². The van der Waals surface area contributed by atoms with Gasteiger partial charge in [0, 0.05) is 22.6 Å². The molecule has 2 aromatic rings. The van der Waals surface area contributed by atoms with Crippen LogP contribution in [0.15, 0.2) is 54.3 Å². The molecule has 0 bridgehead atoms. The van der Waals surface area contributed by atoms with Gasteiger partial charge in [0.1, 0.15) is 5.76 Å². The van der Waals surface area contributed by atoms with Crippen LogP contribution < -0.4 is 0 Å². The summed E-state index contributed by atoms with van der Waals surface area (Å²) in [4.78, 5) is 25.2.